The molecule has 2 aromatic heterocycles. The molecule has 0 saturated carbocycles. The maximum absolute atomic E-state index is 11.3. The monoisotopic (exact) mass is 326 g/mol. The molecule has 1 fully saturated rings. The van der Waals surface area contributed by atoms with Crippen LogP contribution in [-0.2, 0) is 4.79 Å². The van der Waals surface area contributed by atoms with Gasteiger partial charge in [0, 0.05) is 18.0 Å². The number of carbonyl (C=O) groups excluding carboxylic acids is 1. The second kappa shape index (κ2) is 7.35. The number of hydrogen-bond acceptors (Lipinski definition) is 6. The van der Waals surface area contributed by atoms with E-state index in [9.17, 15) is 4.79 Å². The molecule has 1 unspecified atom stereocenters. The predicted molar refractivity (Wildman–Crippen MR) is 91.6 cm³/mol. The third-order valence-corrected chi connectivity index (χ3v) is 4.06. The summed E-state index contributed by atoms with van der Waals surface area (Å²) in [6.07, 6.45) is 4.82. The molecule has 7 heteroatoms. The number of anilines is 2. The minimum Gasteiger partial charge on any atom is -0.369 e. The molecule has 0 aliphatic carbocycles. The van der Waals surface area contributed by atoms with E-state index in [0.717, 1.165) is 43.1 Å². The van der Waals surface area contributed by atoms with Crippen LogP contribution in [0.15, 0.2) is 30.5 Å². The average Bonchev–Trinajstić information content (AvgIpc) is 2.55. The normalized spacial score (nSPS) is 18.3. The zero-order valence-electron chi connectivity index (χ0n) is 13.8. The molecule has 1 amide bonds. The number of primary amides is 1. The van der Waals surface area contributed by atoms with Crippen molar-refractivity contribution in [1.29, 1.82) is 0 Å². The predicted octanol–water partition coefficient (Wildman–Crippen LogP) is 1.94. The highest BCUT2D eigenvalue weighted by Gasteiger charge is 2.27. The Morgan fingerprint density at radius 2 is 2.21 bits per heavy atom. The first-order chi connectivity index (χ1) is 11.6. The smallest absolute Gasteiger partial charge is 0.231 e. The van der Waals surface area contributed by atoms with E-state index in [0.29, 0.717) is 5.82 Å². The van der Waals surface area contributed by atoms with E-state index >= 15 is 0 Å². The molecule has 1 aliphatic heterocycles. The van der Waals surface area contributed by atoms with Crippen LogP contribution in [0, 0.1) is 6.92 Å². The Labute approximate surface area is 141 Å². The van der Waals surface area contributed by atoms with Crippen LogP contribution in [0.2, 0.25) is 0 Å². The molecule has 0 aromatic carbocycles. The standard InChI is InChI=1S/C17H22N6O/c1-12-10-16(21-15-7-2-4-8-19-15)22-17(20-12)13-6-3-5-9-23(13)11-14(18)24/h2,4,7-8,10,13H,3,5-6,9,11H2,1H3,(H2,18,24)(H,19,20,21,22). The molecule has 3 heterocycles. The van der Waals surface area contributed by atoms with Crippen molar-refractivity contribution >= 4 is 17.5 Å². The Morgan fingerprint density at radius 3 is 2.96 bits per heavy atom. The largest absolute Gasteiger partial charge is 0.369 e. The zero-order chi connectivity index (χ0) is 16.9. The van der Waals surface area contributed by atoms with Gasteiger partial charge in [0.15, 0.2) is 0 Å². The van der Waals surface area contributed by atoms with E-state index in [4.69, 9.17) is 5.73 Å². The molecule has 1 saturated heterocycles. The second-order valence-corrected chi connectivity index (χ2v) is 6.04. The van der Waals surface area contributed by atoms with Gasteiger partial charge in [0.1, 0.15) is 17.5 Å². The van der Waals surface area contributed by atoms with Gasteiger partial charge in [-0.15, -0.1) is 0 Å². The summed E-state index contributed by atoms with van der Waals surface area (Å²) in [5, 5.41) is 3.21. The summed E-state index contributed by atoms with van der Waals surface area (Å²) in [6, 6.07) is 7.58. The van der Waals surface area contributed by atoms with Crippen molar-refractivity contribution in [1.82, 2.24) is 19.9 Å². The highest BCUT2D eigenvalue weighted by molar-refractivity contribution is 5.76. The van der Waals surface area contributed by atoms with Crippen LogP contribution in [0.25, 0.3) is 0 Å². The Hall–Kier alpha value is -2.54. The molecule has 1 atom stereocenters. The van der Waals surface area contributed by atoms with Crippen molar-refractivity contribution < 1.29 is 4.79 Å². The zero-order valence-corrected chi connectivity index (χ0v) is 13.8. The molecule has 0 radical (unpaired) electrons. The summed E-state index contributed by atoms with van der Waals surface area (Å²) < 4.78 is 0. The van der Waals surface area contributed by atoms with Crippen molar-refractivity contribution in [3.8, 4) is 0 Å². The number of aromatic nitrogens is 3. The Kier molecular flexibility index (Phi) is 5.00. The van der Waals surface area contributed by atoms with Crippen LogP contribution in [0.1, 0.15) is 36.8 Å². The van der Waals surface area contributed by atoms with E-state index in [-0.39, 0.29) is 18.5 Å². The summed E-state index contributed by atoms with van der Waals surface area (Å²) in [7, 11) is 0. The first kappa shape index (κ1) is 16.3. The molecule has 126 valence electrons. The van der Waals surface area contributed by atoms with Gasteiger partial charge < -0.3 is 11.1 Å². The third-order valence-electron chi connectivity index (χ3n) is 4.06. The first-order valence-electron chi connectivity index (χ1n) is 8.18. The molecular weight excluding hydrogens is 304 g/mol. The SMILES string of the molecule is Cc1cc(Nc2ccccn2)nc(C2CCCCN2CC(N)=O)n1. The van der Waals surface area contributed by atoms with Crippen molar-refractivity contribution in [2.45, 2.75) is 32.2 Å². The number of pyridine rings is 1. The summed E-state index contributed by atoms with van der Waals surface area (Å²) >= 11 is 0. The van der Waals surface area contributed by atoms with Crippen molar-refractivity contribution in [3.05, 3.63) is 42.0 Å². The molecule has 0 bridgehead atoms. The number of aryl methyl sites for hydroxylation is 1. The molecule has 2 aromatic rings. The highest BCUT2D eigenvalue weighted by atomic mass is 16.1. The van der Waals surface area contributed by atoms with Gasteiger partial charge in [-0.3, -0.25) is 9.69 Å². The second-order valence-electron chi connectivity index (χ2n) is 6.04. The van der Waals surface area contributed by atoms with Gasteiger partial charge in [-0.05, 0) is 38.4 Å². The number of piperidine rings is 1. The van der Waals surface area contributed by atoms with Crippen molar-refractivity contribution in [2.24, 2.45) is 5.73 Å². The highest BCUT2D eigenvalue weighted by Crippen LogP contribution is 2.29. The lowest BCUT2D eigenvalue weighted by molar-refractivity contribution is -0.120. The van der Waals surface area contributed by atoms with Gasteiger partial charge in [-0.1, -0.05) is 12.5 Å². The van der Waals surface area contributed by atoms with E-state index in [1.165, 1.54) is 0 Å². The summed E-state index contributed by atoms with van der Waals surface area (Å²) in [4.78, 5) is 26.9. The van der Waals surface area contributed by atoms with Crippen LogP contribution in [-0.4, -0.2) is 38.8 Å². The lowest BCUT2D eigenvalue weighted by Crippen LogP contribution is -2.40. The van der Waals surface area contributed by atoms with E-state index in [2.05, 4.69) is 25.2 Å². The minimum absolute atomic E-state index is 0.0235. The van der Waals surface area contributed by atoms with Crippen LogP contribution in [0.3, 0.4) is 0 Å². The minimum atomic E-state index is -0.318. The number of nitrogens with zero attached hydrogens (tertiary/aromatic N) is 4. The van der Waals surface area contributed by atoms with Gasteiger partial charge in [0.05, 0.1) is 12.6 Å². The van der Waals surface area contributed by atoms with Crippen LogP contribution >= 0.6 is 0 Å². The third kappa shape index (κ3) is 4.05. The van der Waals surface area contributed by atoms with Gasteiger partial charge in [-0.25, -0.2) is 15.0 Å². The molecule has 3 rings (SSSR count). The van der Waals surface area contributed by atoms with Gasteiger partial charge in [0.2, 0.25) is 5.91 Å². The number of carbonyl (C=O) groups is 1. The molecule has 3 N–H and O–H groups in total. The fraction of sp³-hybridized carbons (Fsp3) is 0.412. The average molecular weight is 326 g/mol. The number of hydrogen-bond donors (Lipinski definition) is 2. The fourth-order valence-corrected chi connectivity index (χ4v) is 3.05. The summed E-state index contributed by atoms with van der Waals surface area (Å²) in [5.74, 6) is 1.86. The first-order valence-corrected chi connectivity index (χ1v) is 8.18. The molecule has 7 nitrogen and oxygen atoms in total. The van der Waals surface area contributed by atoms with Crippen molar-refractivity contribution in [2.75, 3.05) is 18.4 Å². The molecule has 1 aliphatic rings. The van der Waals surface area contributed by atoms with Gasteiger partial charge in [0.25, 0.3) is 0 Å². The maximum Gasteiger partial charge on any atom is 0.231 e. The van der Waals surface area contributed by atoms with Gasteiger partial charge >= 0.3 is 0 Å². The van der Waals surface area contributed by atoms with Crippen LogP contribution in [0.5, 0.6) is 0 Å². The van der Waals surface area contributed by atoms with Crippen LogP contribution in [0.4, 0.5) is 11.6 Å². The van der Waals surface area contributed by atoms with E-state index < -0.39 is 0 Å². The maximum atomic E-state index is 11.3. The van der Waals surface area contributed by atoms with E-state index in [1.54, 1.807) is 6.20 Å². The number of nitrogens with two attached hydrogens (primary N) is 1. The van der Waals surface area contributed by atoms with Crippen molar-refractivity contribution in [3.63, 3.8) is 0 Å². The summed E-state index contributed by atoms with van der Waals surface area (Å²) in [5.41, 5.74) is 6.26. The number of rotatable bonds is 5. The lowest BCUT2D eigenvalue weighted by atomic mass is 10.0. The number of nitrogens with one attached hydrogen (secondary N) is 1. The fourth-order valence-electron chi connectivity index (χ4n) is 3.05. The Balaban J connectivity index is 1.85. The molecular formula is C17H22N6O. The Bertz CT molecular complexity index is 705. The number of likely N-dealkylation sites (tertiary alicyclic amines) is 1. The summed E-state index contributed by atoms with van der Waals surface area (Å²) in [6.45, 7) is 3.02. The molecule has 0 spiro atoms. The van der Waals surface area contributed by atoms with Crippen LogP contribution < -0.4 is 11.1 Å². The quantitative estimate of drug-likeness (QED) is 0.871. The molecule has 24 heavy (non-hydrogen) atoms. The van der Waals surface area contributed by atoms with E-state index in [1.807, 2.05) is 31.2 Å². The lowest BCUT2D eigenvalue weighted by Gasteiger charge is -2.33. The van der Waals surface area contributed by atoms with Gasteiger partial charge in [-0.2, -0.15) is 0 Å². The number of amides is 1. The Morgan fingerprint density at radius 1 is 1.33 bits per heavy atom. The topological polar surface area (TPSA) is 97.0 Å².